The van der Waals surface area contributed by atoms with Crippen LogP contribution in [0.2, 0.25) is 0 Å². The van der Waals surface area contributed by atoms with Crippen LogP contribution in [0.3, 0.4) is 0 Å². The maximum absolute atomic E-state index is 12.2. The van der Waals surface area contributed by atoms with Crippen LogP contribution in [0.1, 0.15) is 49.0 Å². The molecular weight excluding hydrogens is 381 g/mol. The van der Waals surface area contributed by atoms with Crippen LogP contribution in [0.4, 0.5) is 0 Å². The number of carbonyl (C=O) groups excluding carboxylic acids is 1. The molecule has 5 heteroatoms. The topological polar surface area (TPSA) is 66.4 Å². The van der Waals surface area contributed by atoms with Gasteiger partial charge in [-0.25, -0.2) is 0 Å². The van der Waals surface area contributed by atoms with E-state index in [0.717, 1.165) is 22.0 Å². The van der Waals surface area contributed by atoms with Gasteiger partial charge in [0.25, 0.3) is 5.91 Å². The van der Waals surface area contributed by atoms with Gasteiger partial charge in [-0.2, -0.15) is 0 Å². The zero-order chi connectivity index (χ0) is 16.0. The van der Waals surface area contributed by atoms with Gasteiger partial charge in [-0.15, -0.1) is 0 Å². The number of amides is 1. The number of carboxylic acids is 1. The van der Waals surface area contributed by atoms with E-state index in [1.54, 1.807) is 6.92 Å². The number of aryl methyl sites for hydroxylation is 1. The number of carboxylic acid groups (broad SMARTS) is 1. The summed E-state index contributed by atoms with van der Waals surface area (Å²) in [5.74, 6) is -1.16. The molecule has 116 valence electrons. The highest BCUT2D eigenvalue weighted by Gasteiger charge is 2.15. The minimum absolute atomic E-state index is 0.0369. The molecule has 2 atom stereocenters. The zero-order valence-electron chi connectivity index (χ0n) is 12.6. The predicted octanol–water partition coefficient (Wildman–Crippen LogP) is 3.61. The Morgan fingerprint density at radius 2 is 1.95 bits per heavy atom. The highest BCUT2D eigenvalue weighted by Crippen LogP contribution is 2.17. The molecule has 0 aliphatic rings. The van der Waals surface area contributed by atoms with Crippen LogP contribution >= 0.6 is 22.6 Å². The third-order valence-electron chi connectivity index (χ3n) is 3.51. The first-order valence-corrected chi connectivity index (χ1v) is 8.19. The lowest BCUT2D eigenvalue weighted by Crippen LogP contribution is -2.33. The van der Waals surface area contributed by atoms with Crippen LogP contribution in [0.5, 0.6) is 0 Å². The standard InChI is InChI=1S/C16H22INO3/c1-10-6-5-9-13(14(10)17)15(19)18-12(3)8-4-7-11(2)16(20)21/h5-6,9,11-12H,4,7-8H2,1-3H3,(H,18,19)(H,20,21). The lowest BCUT2D eigenvalue weighted by atomic mass is 10.0. The Morgan fingerprint density at radius 3 is 2.57 bits per heavy atom. The van der Waals surface area contributed by atoms with E-state index in [-0.39, 0.29) is 17.9 Å². The Hall–Kier alpha value is -1.11. The molecular formula is C16H22INO3. The third kappa shape index (κ3) is 5.65. The highest BCUT2D eigenvalue weighted by atomic mass is 127. The third-order valence-corrected chi connectivity index (χ3v) is 4.94. The lowest BCUT2D eigenvalue weighted by Gasteiger charge is -2.15. The molecule has 1 amide bonds. The van der Waals surface area contributed by atoms with Crippen LogP contribution in [0.25, 0.3) is 0 Å². The largest absolute Gasteiger partial charge is 0.481 e. The number of hydrogen-bond acceptors (Lipinski definition) is 2. The average molecular weight is 403 g/mol. The maximum Gasteiger partial charge on any atom is 0.306 e. The van der Waals surface area contributed by atoms with Crippen LogP contribution in [0.15, 0.2) is 18.2 Å². The minimum atomic E-state index is -0.763. The van der Waals surface area contributed by atoms with Gasteiger partial charge in [-0.05, 0) is 60.9 Å². The van der Waals surface area contributed by atoms with E-state index in [0.29, 0.717) is 12.0 Å². The Balaban J connectivity index is 2.47. The Labute approximate surface area is 139 Å². The van der Waals surface area contributed by atoms with Crippen molar-refractivity contribution in [2.75, 3.05) is 0 Å². The van der Waals surface area contributed by atoms with E-state index in [4.69, 9.17) is 5.11 Å². The van der Waals surface area contributed by atoms with E-state index in [9.17, 15) is 9.59 Å². The Bertz CT molecular complexity index is 516. The SMILES string of the molecule is Cc1cccc(C(=O)NC(C)CCCC(C)C(=O)O)c1I. The van der Waals surface area contributed by atoms with E-state index < -0.39 is 5.97 Å². The number of aliphatic carboxylic acids is 1. The fourth-order valence-corrected chi connectivity index (χ4v) is 2.65. The van der Waals surface area contributed by atoms with Crippen molar-refractivity contribution in [2.45, 2.75) is 46.1 Å². The van der Waals surface area contributed by atoms with Crippen molar-refractivity contribution < 1.29 is 14.7 Å². The van der Waals surface area contributed by atoms with E-state index in [1.165, 1.54) is 0 Å². The molecule has 0 aromatic heterocycles. The van der Waals surface area contributed by atoms with Gasteiger partial charge in [-0.3, -0.25) is 9.59 Å². The molecule has 0 saturated carbocycles. The molecule has 0 aliphatic heterocycles. The van der Waals surface area contributed by atoms with E-state index in [1.807, 2.05) is 32.0 Å². The molecule has 1 aromatic rings. The van der Waals surface area contributed by atoms with Gasteiger partial charge in [-0.1, -0.05) is 25.5 Å². The highest BCUT2D eigenvalue weighted by molar-refractivity contribution is 14.1. The maximum atomic E-state index is 12.2. The number of halogens is 1. The van der Waals surface area contributed by atoms with Crippen molar-refractivity contribution in [3.05, 3.63) is 32.9 Å². The fraction of sp³-hybridized carbons (Fsp3) is 0.500. The van der Waals surface area contributed by atoms with E-state index in [2.05, 4.69) is 27.9 Å². The number of carbonyl (C=O) groups is 2. The molecule has 0 radical (unpaired) electrons. The molecule has 0 bridgehead atoms. The van der Waals surface area contributed by atoms with Crippen LogP contribution in [0, 0.1) is 16.4 Å². The van der Waals surface area contributed by atoms with Crippen molar-refractivity contribution in [1.29, 1.82) is 0 Å². The summed E-state index contributed by atoms with van der Waals surface area (Å²) in [7, 11) is 0. The molecule has 2 N–H and O–H groups in total. The molecule has 0 fully saturated rings. The molecule has 4 nitrogen and oxygen atoms in total. The van der Waals surface area contributed by atoms with Gasteiger partial charge >= 0.3 is 5.97 Å². The number of hydrogen-bond donors (Lipinski definition) is 2. The van der Waals surface area contributed by atoms with E-state index >= 15 is 0 Å². The molecule has 2 unspecified atom stereocenters. The van der Waals surface area contributed by atoms with Crippen LogP contribution in [-0.4, -0.2) is 23.0 Å². The number of benzene rings is 1. The molecule has 21 heavy (non-hydrogen) atoms. The van der Waals surface area contributed by atoms with Crippen LogP contribution < -0.4 is 5.32 Å². The van der Waals surface area contributed by atoms with Crippen molar-refractivity contribution in [1.82, 2.24) is 5.32 Å². The van der Waals surface area contributed by atoms with Crippen molar-refractivity contribution in [3.8, 4) is 0 Å². The quantitative estimate of drug-likeness (QED) is 0.684. The van der Waals surface area contributed by atoms with Gasteiger partial charge in [0.1, 0.15) is 0 Å². The summed E-state index contributed by atoms with van der Waals surface area (Å²) in [5.41, 5.74) is 1.78. The van der Waals surface area contributed by atoms with Crippen LogP contribution in [-0.2, 0) is 4.79 Å². The molecule has 0 aliphatic carbocycles. The normalized spacial score (nSPS) is 13.5. The summed E-state index contributed by atoms with van der Waals surface area (Å²) in [4.78, 5) is 23.0. The summed E-state index contributed by atoms with van der Waals surface area (Å²) in [6.45, 7) is 5.64. The fourth-order valence-electron chi connectivity index (χ4n) is 2.05. The van der Waals surface area contributed by atoms with Crippen molar-refractivity contribution >= 4 is 34.5 Å². The van der Waals surface area contributed by atoms with Gasteiger partial charge < -0.3 is 10.4 Å². The predicted molar refractivity (Wildman–Crippen MR) is 91.5 cm³/mol. The van der Waals surface area contributed by atoms with Crippen molar-refractivity contribution in [2.24, 2.45) is 5.92 Å². The minimum Gasteiger partial charge on any atom is -0.481 e. The summed E-state index contributed by atoms with van der Waals surface area (Å²) in [5, 5.41) is 11.8. The van der Waals surface area contributed by atoms with Gasteiger partial charge in [0, 0.05) is 9.61 Å². The smallest absolute Gasteiger partial charge is 0.306 e. The first kappa shape index (κ1) is 17.9. The number of rotatable bonds is 7. The second-order valence-corrected chi connectivity index (χ2v) is 6.56. The van der Waals surface area contributed by atoms with Gasteiger partial charge in [0.15, 0.2) is 0 Å². The summed E-state index contributed by atoms with van der Waals surface area (Å²) >= 11 is 2.19. The molecule has 0 heterocycles. The zero-order valence-corrected chi connectivity index (χ0v) is 14.8. The Morgan fingerprint density at radius 1 is 1.29 bits per heavy atom. The van der Waals surface area contributed by atoms with Crippen molar-refractivity contribution in [3.63, 3.8) is 0 Å². The number of nitrogens with one attached hydrogen (secondary N) is 1. The van der Waals surface area contributed by atoms with Gasteiger partial charge in [0.05, 0.1) is 11.5 Å². The first-order valence-electron chi connectivity index (χ1n) is 7.11. The van der Waals surface area contributed by atoms with Gasteiger partial charge in [0.2, 0.25) is 0 Å². The monoisotopic (exact) mass is 403 g/mol. The first-order chi connectivity index (χ1) is 9.82. The Kier molecular flexibility index (Phi) is 7.14. The molecule has 1 rings (SSSR count). The second-order valence-electron chi connectivity index (χ2n) is 5.48. The summed E-state index contributed by atoms with van der Waals surface area (Å²) in [6, 6.07) is 5.72. The average Bonchev–Trinajstić information content (AvgIpc) is 2.41. The molecule has 1 aromatic carbocycles. The summed E-state index contributed by atoms with van der Waals surface area (Å²) in [6.07, 6.45) is 2.21. The molecule has 0 spiro atoms. The molecule has 0 saturated heterocycles. The lowest BCUT2D eigenvalue weighted by molar-refractivity contribution is -0.141. The summed E-state index contributed by atoms with van der Waals surface area (Å²) < 4.78 is 0.972. The second kappa shape index (κ2) is 8.36.